The fraction of sp³-hybridized carbons (Fsp3) is 0.333. The fourth-order valence-corrected chi connectivity index (χ4v) is 4.33. The predicted octanol–water partition coefficient (Wildman–Crippen LogP) is 1.92. The summed E-state index contributed by atoms with van der Waals surface area (Å²) in [5, 5.41) is 1.09. The summed E-state index contributed by atoms with van der Waals surface area (Å²) >= 11 is 0. The van der Waals surface area contributed by atoms with E-state index in [2.05, 4.69) is 17.1 Å². The van der Waals surface area contributed by atoms with Gasteiger partial charge in [0.1, 0.15) is 24.4 Å². The molecule has 5 nitrogen and oxygen atoms in total. The molecule has 5 rings (SSSR count). The van der Waals surface area contributed by atoms with Gasteiger partial charge in [0.25, 0.3) is 0 Å². The van der Waals surface area contributed by atoms with E-state index >= 15 is 0 Å². The number of rotatable bonds is 2. The topological polar surface area (TPSA) is 56.8 Å². The summed E-state index contributed by atoms with van der Waals surface area (Å²) in [6.07, 6.45) is 4.65. The van der Waals surface area contributed by atoms with Crippen LogP contribution < -0.4 is 15.3 Å². The van der Waals surface area contributed by atoms with Crippen molar-refractivity contribution < 1.29 is 14.1 Å². The molecule has 3 aromatic rings. The number of aromatic nitrogens is 1. The predicted molar refractivity (Wildman–Crippen MR) is 97.3 cm³/mol. The van der Waals surface area contributed by atoms with Gasteiger partial charge in [-0.3, -0.25) is 9.88 Å². The van der Waals surface area contributed by atoms with Crippen LogP contribution in [0.2, 0.25) is 0 Å². The minimum Gasteiger partial charge on any atom is -0.444 e. The average Bonchev–Trinajstić information content (AvgIpc) is 3.15. The first kappa shape index (κ1) is 15.6. The van der Waals surface area contributed by atoms with Crippen LogP contribution in [0.1, 0.15) is 34.4 Å². The van der Waals surface area contributed by atoms with Gasteiger partial charge in [-0.2, -0.15) is 0 Å². The van der Waals surface area contributed by atoms with E-state index in [9.17, 15) is 4.79 Å². The van der Waals surface area contributed by atoms with Crippen molar-refractivity contribution in [3.8, 4) is 5.75 Å². The Balaban J connectivity index is 1.57. The van der Waals surface area contributed by atoms with Crippen LogP contribution in [0.3, 0.4) is 0 Å². The quantitative estimate of drug-likeness (QED) is 0.718. The second kappa shape index (κ2) is 5.95. The van der Waals surface area contributed by atoms with Gasteiger partial charge in [-0.05, 0) is 49.9 Å². The molecule has 0 saturated heterocycles. The Morgan fingerprint density at radius 1 is 1.23 bits per heavy atom. The molecule has 1 N–H and O–H groups in total. The summed E-state index contributed by atoms with van der Waals surface area (Å²) in [6, 6.07) is 8.19. The summed E-state index contributed by atoms with van der Waals surface area (Å²) in [5.41, 5.74) is 5.77. The van der Waals surface area contributed by atoms with Crippen molar-refractivity contribution in [1.29, 1.82) is 0 Å². The molecule has 1 atom stereocenters. The molecule has 0 radical (unpaired) electrons. The van der Waals surface area contributed by atoms with Crippen molar-refractivity contribution in [2.45, 2.75) is 39.3 Å². The van der Waals surface area contributed by atoms with Crippen molar-refractivity contribution in [3.05, 3.63) is 68.8 Å². The maximum absolute atomic E-state index is 12.3. The largest absolute Gasteiger partial charge is 0.444 e. The van der Waals surface area contributed by atoms with Crippen LogP contribution in [0.4, 0.5) is 0 Å². The molecule has 2 aromatic heterocycles. The summed E-state index contributed by atoms with van der Waals surface area (Å²) in [7, 11) is 0. The summed E-state index contributed by atoms with van der Waals surface area (Å²) in [5.74, 6) is 0.878. The minimum absolute atomic E-state index is 0.175. The smallest absolute Gasteiger partial charge is 0.339 e. The van der Waals surface area contributed by atoms with Crippen molar-refractivity contribution in [3.63, 3.8) is 0 Å². The number of benzene rings is 1. The lowest BCUT2D eigenvalue weighted by Gasteiger charge is -2.27. The maximum Gasteiger partial charge on any atom is 0.339 e. The number of hydrogen-bond donors (Lipinski definition) is 1. The van der Waals surface area contributed by atoms with Crippen LogP contribution in [0.5, 0.6) is 5.75 Å². The van der Waals surface area contributed by atoms with Gasteiger partial charge in [0, 0.05) is 28.3 Å². The fourth-order valence-electron chi connectivity index (χ4n) is 4.33. The average molecular weight is 349 g/mol. The van der Waals surface area contributed by atoms with E-state index in [0.29, 0.717) is 12.3 Å². The molecule has 0 fully saturated rings. The lowest BCUT2D eigenvalue weighted by Crippen LogP contribution is -3.11. The Kier molecular flexibility index (Phi) is 3.57. The van der Waals surface area contributed by atoms with Crippen molar-refractivity contribution in [1.82, 2.24) is 4.98 Å². The first-order chi connectivity index (χ1) is 12.7. The minimum atomic E-state index is -0.175. The molecule has 0 amide bonds. The molecule has 0 saturated carbocycles. The van der Waals surface area contributed by atoms with Crippen LogP contribution in [0, 0.1) is 6.92 Å². The van der Waals surface area contributed by atoms with Crippen LogP contribution in [-0.4, -0.2) is 11.7 Å². The van der Waals surface area contributed by atoms with Gasteiger partial charge in [0.15, 0.2) is 0 Å². The van der Waals surface area contributed by atoms with E-state index in [1.165, 1.54) is 16.0 Å². The van der Waals surface area contributed by atoms with Crippen molar-refractivity contribution >= 4 is 11.0 Å². The van der Waals surface area contributed by atoms with Gasteiger partial charge in [0.2, 0.25) is 6.73 Å². The summed E-state index contributed by atoms with van der Waals surface area (Å²) in [6.45, 7) is 4.30. The van der Waals surface area contributed by atoms with Gasteiger partial charge in [-0.25, -0.2) is 4.79 Å². The lowest BCUT2D eigenvalue weighted by atomic mass is 9.99. The molecule has 2 aliphatic rings. The Hall–Kier alpha value is -2.66. The molecule has 0 bridgehead atoms. The van der Waals surface area contributed by atoms with Gasteiger partial charge >= 0.3 is 5.63 Å². The zero-order chi connectivity index (χ0) is 17.7. The third kappa shape index (κ3) is 2.42. The van der Waals surface area contributed by atoms with E-state index in [0.717, 1.165) is 60.3 Å². The Bertz CT molecular complexity index is 1060. The first-order valence-electron chi connectivity index (χ1n) is 9.18. The summed E-state index contributed by atoms with van der Waals surface area (Å²) < 4.78 is 11.8. The van der Waals surface area contributed by atoms with Gasteiger partial charge in [-0.1, -0.05) is 6.07 Å². The SMILES string of the molecule is Cc1c2c(cc3c4c(c(=O)oc13)CCC4)C[NH+](Cc1ccccn1)CO2. The molecule has 26 heavy (non-hydrogen) atoms. The first-order valence-corrected chi connectivity index (χ1v) is 9.18. The monoisotopic (exact) mass is 349 g/mol. The molecule has 0 spiro atoms. The Labute approximate surface area is 151 Å². The second-order valence-electron chi connectivity index (χ2n) is 7.28. The molecular formula is C21H21N2O3+. The number of nitrogens with one attached hydrogen (secondary N) is 1. The standard InChI is InChI=1S/C21H20N2O3/c1-13-19-14(10-23(12-25-19)11-15-5-2-3-8-22-15)9-18-16-6-4-7-17(16)21(24)26-20(13)18/h2-3,5,8-9H,4,6-7,10-12H2,1H3/p+1. The molecule has 3 heterocycles. The molecule has 132 valence electrons. The van der Waals surface area contributed by atoms with E-state index in [-0.39, 0.29) is 5.63 Å². The van der Waals surface area contributed by atoms with Crippen molar-refractivity contribution in [2.75, 3.05) is 6.73 Å². The Morgan fingerprint density at radius 3 is 2.96 bits per heavy atom. The van der Waals surface area contributed by atoms with E-state index in [4.69, 9.17) is 9.15 Å². The van der Waals surface area contributed by atoms with Crippen LogP contribution >= 0.6 is 0 Å². The highest BCUT2D eigenvalue weighted by molar-refractivity contribution is 5.87. The number of nitrogens with zero attached hydrogens (tertiary/aromatic N) is 1. The van der Waals surface area contributed by atoms with E-state index < -0.39 is 0 Å². The molecular weight excluding hydrogens is 328 g/mol. The molecule has 1 aliphatic carbocycles. The van der Waals surface area contributed by atoms with Crippen molar-refractivity contribution in [2.24, 2.45) is 0 Å². The number of pyridine rings is 1. The number of quaternary nitrogens is 1. The Morgan fingerprint density at radius 2 is 2.12 bits per heavy atom. The highest BCUT2D eigenvalue weighted by atomic mass is 16.5. The second-order valence-corrected chi connectivity index (χ2v) is 7.28. The third-order valence-corrected chi connectivity index (χ3v) is 5.54. The van der Waals surface area contributed by atoms with Gasteiger partial charge in [0.05, 0.1) is 5.69 Å². The number of fused-ring (bicyclic) bond motifs is 4. The molecule has 5 heteroatoms. The van der Waals surface area contributed by atoms with Crippen LogP contribution in [-0.2, 0) is 25.9 Å². The zero-order valence-electron chi connectivity index (χ0n) is 14.8. The highest BCUT2D eigenvalue weighted by Gasteiger charge is 2.27. The summed E-state index contributed by atoms with van der Waals surface area (Å²) in [4.78, 5) is 18.0. The number of ether oxygens (including phenoxy) is 1. The number of aryl methyl sites for hydroxylation is 2. The lowest BCUT2D eigenvalue weighted by molar-refractivity contribution is -0.946. The molecule has 1 aromatic carbocycles. The highest BCUT2D eigenvalue weighted by Crippen LogP contribution is 2.36. The van der Waals surface area contributed by atoms with Gasteiger partial charge in [-0.15, -0.1) is 0 Å². The van der Waals surface area contributed by atoms with E-state index in [1.807, 2.05) is 25.3 Å². The van der Waals surface area contributed by atoms with Crippen LogP contribution in [0.15, 0.2) is 39.7 Å². The maximum atomic E-state index is 12.3. The van der Waals surface area contributed by atoms with E-state index in [1.54, 1.807) is 0 Å². The third-order valence-electron chi connectivity index (χ3n) is 5.54. The zero-order valence-corrected chi connectivity index (χ0v) is 14.8. The normalized spacial score (nSPS) is 18.4. The molecule has 1 aliphatic heterocycles. The molecule has 1 unspecified atom stereocenters. The van der Waals surface area contributed by atoms with Gasteiger partial charge < -0.3 is 9.15 Å². The number of hydrogen-bond acceptors (Lipinski definition) is 4. The van der Waals surface area contributed by atoms with Crippen LogP contribution in [0.25, 0.3) is 11.0 Å².